The molecular weight excluding hydrogens is 182 g/mol. The molecule has 0 bridgehead atoms. The lowest BCUT2D eigenvalue weighted by atomic mass is 9.91. The first-order valence-electron chi connectivity index (χ1n) is 5.70. The number of halogens is 1. The van der Waals surface area contributed by atoms with E-state index in [1.165, 1.54) is 45.1 Å². The summed E-state index contributed by atoms with van der Waals surface area (Å²) in [5.74, 6) is 1.87. The van der Waals surface area contributed by atoms with Crippen LogP contribution in [0.15, 0.2) is 0 Å². The zero-order valence-electron chi connectivity index (χ0n) is 8.34. The van der Waals surface area contributed by atoms with Gasteiger partial charge in [-0.25, -0.2) is 0 Å². The summed E-state index contributed by atoms with van der Waals surface area (Å²) in [5.41, 5.74) is 0. The van der Waals surface area contributed by atoms with Gasteiger partial charge in [-0.05, 0) is 31.7 Å². The molecule has 1 nitrogen and oxygen atoms in total. The van der Waals surface area contributed by atoms with Gasteiger partial charge < -0.3 is 0 Å². The van der Waals surface area contributed by atoms with Gasteiger partial charge in [-0.1, -0.05) is 19.3 Å². The van der Waals surface area contributed by atoms with E-state index in [-0.39, 0.29) is 0 Å². The molecule has 0 spiro atoms. The van der Waals surface area contributed by atoms with Crippen LogP contribution in [0.25, 0.3) is 0 Å². The summed E-state index contributed by atoms with van der Waals surface area (Å²) in [5, 5.41) is 0. The highest BCUT2D eigenvalue weighted by Crippen LogP contribution is 2.33. The molecule has 2 fully saturated rings. The zero-order chi connectivity index (χ0) is 9.10. The van der Waals surface area contributed by atoms with Crippen molar-refractivity contribution in [3.63, 3.8) is 0 Å². The molecule has 2 heteroatoms. The molecule has 2 saturated carbocycles. The highest BCUT2D eigenvalue weighted by Gasteiger charge is 2.27. The van der Waals surface area contributed by atoms with E-state index in [9.17, 15) is 0 Å². The highest BCUT2D eigenvalue weighted by atomic mass is 35.5. The molecule has 0 radical (unpaired) electrons. The Balaban J connectivity index is 1.67. The van der Waals surface area contributed by atoms with Gasteiger partial charge in [0, 0.05) is 18.5 Å². The van der Waals surface area contributed by atoms with Gasteiger partial charge in [-0.3, -0.25) is 4.90 Å². The van der Waals surface area contributed by atoms with E-state index in [4.69, 9.17) is 11.6 Å². The summed E-state index contributed by atoms with van der Waals surface area (Å²) in [4.78, 5) is 2.62. The van der Waals surface area contributed by atoms with Gasteiger partial charge >= 0.3 is 0 Å². The Morgan fingerprint density at radius 2 is 1.85 bits per heavy atom. The average molecular weight is 202 g/mol. The van der Waals surface area contributed by atoms with Crippen LogP contribution in [0.5, 0.6) is 0 Å². The first-order valence-corrected chi connectivity index (χ1v) is 6.23. The highest BCUT2D eigenvalue weighted by molar-refractivity contribution is 6.18. The number of rotatable bonds is 6. The third kappa shape index (κ3) is 2.85. The summed E-state index contributed by atoms with van der Waals surface area (Å²) in [6.07, 6.45) is 8.67. The van der Waals surface area contributed by atoms with E-state index in [1.54, 1.807) is 0 Å². The Hall–Kier alpha value is 0.250. The van der Waals surface area contributed by atoms with Crippen molar-refractivity contribution in [1.82, 2.24) is 4.90 Å². The maximum atomic E-state index is 5.81. The normalized spacial score (nSPS) is 23.5. The molecule has 0 amide bonds. The molecule has 0 aromatic carbocycles. The molecule has 0 saturated heterocycles. The van der Waals surface area contributed by atoms with Crippen LogP contribution < -0.4 is 0 Å². The summed E-state index contributed by atoms with van der Waals surface area (Å²) < 4.78 is 0. The fourth-order valence-corrected chi connectivity index (χ4v) is 2.31. The Kier molecular flexibility index (Phi) is 3.51. The van der Waals surface area contributed by atoms with Crippen LogP contribution in [-0.4, -0.2) is 29.9 Å². The standard InChI is InChI=1S/C11H20ClN/c12-7-9-13(11-2-1-3-11)8-6-10-4-5-10/h10-11H,1-9H2. The molecular formula is C11H20ClN. The molecule has 0 aromatic rings. The average Bonchev–Trinajstić information content (AvgIpc) is 2.80. The van der Waals surface area contributed by atoms with Crippen molar-refractivity contribution >= 4 is 11.6 Å². The van der Waals surface area contributed by atoms with Gasteiger partial charge in [0.25, 0.3) is 0 Å². The zero-order valence-corrected chi connectivity index (χ0v) is 9.10. The molecule has 0 N–H and O–H groups in total. The molecule has 0 aliphatic heterocycles. The molecule has 2 rings (SSSR count). The van der Waals surface area contributed by atoms with Gasteiger partial charge in [-0.15, -0.1) is 11.6 Å². The summed E-state index contributed by atoms with van der Waals surface area (Å²) in [6, 6.07) is 0.887. The van der Waals surface area contributed by atoms with E-state index in [1.807, 2.05) is 0 Å². The first kappa shape index (κ1) is 9.79. The third-order valence-corrected chi connectivity index (χ3v) is 3.65. The molecule has 0 aromatic heterocycles. The van der Waals surface area contributed by atoms with Gasteiger partial charge in [0.15, 0.2) is 0 Å². The van der Waals surface area contributed by atoms with Crippen LogP contribution in [0.4, 0.5) is 0 Å². The largest absolute Gasteiger partial charge is 0.299 e. The van der Waals surface area contributed by atoms with Crippen molar-refractivity contribution in [3.8, 4) is 0 Å². The summed E-state index contributed by atoms with van der Waals surface area (Å²) in [7, 11) is 0. The predicted octanol–water partition coefficient (Wildman–Crippen LogP) is 2.88. The van der Waals surface area contributed by atoms with E-state index in [0.29, 0.717) is 0 Å². The minimum absolute atomic E-state index is 0.807. The Morgan fingerprint density at radius 3 is 2.31 bits per heavy atom. The van der Waals surface area contributed by atoms with E-state index in [0.717, 1.165) is 24.4 Å². The second-order valence-electron chi connectivity index (χ2n) is 4.54. The van der Waals surface area contributed by atoms with E-state index >= 15 is 0 Å². The second kappa shape index (κ2) is 4.65. The molecule has 2 aliphatic rings. The van der Waals surface area contributed by atoms with Crippen molar-refractivity contribution < 1.29 is 0 Å². The monoisotopic (exact) mass is 201 g/mol. The lowest BCUT2D eigenvalue weighted by Gasteiger charge is -2.37. The maximum Gasteiger partial charge on any atom is 0.0351 e. The van der Waals surface area contributed by atoms with Crippen molar-refractivity contribution in [2.45, 2.75) is 44.6 Å². The molecule has 0 heterocycles. The second-order valence-corrected chi connectivity index (χ2v) is 4.92. The molecule has 0 unspecified atom stereocenters. The minimum Gasteiger partial charge on any atom is -0.299 e. The van der Waals surface area contributed by atoms with Crippen molar-refractivity contribution in [3.05, 3.63) is 0 Å². The van der Waals surface area contributed by atoms with Crippen molar-refractivity contribution in [1.29, 1.82) is 0 Å². The van der Waals surface area contributed by atoms with Crippen LogP contribution in [-0.2, 0) is 0 Å². The number of nitrogens with zero attached hydrogens (tertiary/aromatic N) is 1. The third-order valence-electron chi connectivity index (χ3n) is 3.48. The fourth-order valence-electron chi connectivity index (χ4n) is 2.09. The molecule has 76 valence electrons. The van der Waals surface area contributed by atoms with Crippen molar-refractivity contribution in [2.75, 3.05) is 19.0 Å². The first-order chi connectivity index (χ1) is 6.40. The summed E-state index contributed by atoms with van der Waals surface area (Å²) >= 11 is 5.81. The molecule has 13 heavy (non-hydrogen) atoms. The Bertz CT molecular complexity index is 152. The topological polar surface area (TPSA) is 3.24 Å². The van der Waals surface area contributed by atoms with Crippen LogP contribution in [0.1, 0.15) is 38.5 Å². The molecule has 2 aliphatic carbocycles. The Morgan fingerprint density at radius 1 is 1.08 bits per heavy atom. The van der Waals surface area contributed by atoms with Crippen LogP contribution >= 0.6 is 11.6 Å². The van der Waals surface area contributed by atoms with Crippen LogP contribution in [0.3, 0.4) is 0 Å². The fraction of sp³-hybridized carbons (Fsp3) is 1.00. The number of alkyl halides is 1. The lowest BCUT2D eigenvalue weighted by Crippen LogP contribution is -2.41. The molecule has 0 atom stereocenters. The smallest absolute Gasteiger partial charge is 0.0351 e. The number of hydrogen-bond acceptors (Lipinski definition) is 1. The van der Waals surface area contributed by atoms with E-state index in [2.05, 4.69) is 4.90 Å². The van der Waals surface area contributed by atoms with Gasteiger partial charge in [0.2, 0.25) is 0 Å². The lowest BCUT2D eigenvalue weighted by molar-refractivity contribution is 0.131. The quantitative estimate of drug-likeness (QED) is 0.598. The van der Waals surface area contributed by atoms with Gasteiger partial charge in [0.05, 0.1) is 0 Å². The van der Waals surface area contributed by atoms with Crippen LogP contribution in [0, 0.1) is 5.92 Å². The maximum absolute atomic E-state index is 5.81. The van der Waals surface area contributed by atoms with Crippen molar-refractivity contribution in [2.24, 2.45) is 5.92 Å². The van der Waals surface area contributed by atoms with Crippen LogP contribution in [0.2, 0.25) is 0 Å². The minimum atomic E-state index is 0.807. The Labute approximate surface area is 86.4 Å². The number of hydrogen-bond donors (Lipinski definition) is 0. The van der Waals surface area contributed by atoms with E-state index < -0.39 is 0 Å². The summed E-state index contributed by atoms with van der Waals surface area (Å²) in [6.45, 7) is 2.42. The van der Waals surface area contributed by atoms with Gasteiger partial charge in [0.1, 0.15) is 0 Å². The van der Waals surface area contributed by atoms with Gasteiger partial charge in [-0.2, -0.15) is 0 Å². The predicted molar refractivity (Wildman–Crippen MR) is 57.3 cm³/mol. The SMILES string of the molecule is ClCCN(CCC1CC1)C1CCC1.